The van der Waals surface area contributed by atoms with E-state index < -0.39 is 0 Å². The van der Waals surface area contributed by atoms with Gasteiger partial charge in [0, 0.05) is 5.69 Å². The topological polar surface area (TPSA) is 43.8 Å². The minimum Gasteiger partial charge on any atom is -0.382 e. The summed E-state index contributed by atoms with van der Waals surface area (Å²) >= 11 is 0. The molecule has 2 rings (SSSR count). The SMILES string of the molecule is Cc1c(N)ncn1-c1ccccc1. The molecule has 0 aliphatic heterocycles. The van der Waals surface area contributed by atoms with Crippen LogP contribution in [0.15, 0.2) is 36.7 Å². The van der Waals surface area contributed by atoms with Gasteiger partial charge in [0.15, 0.2) is 0 Å². The number of hydrogen-bond donors (Lipinski definition) is 1. The molecule has 66 valence electrons. The molecule has 1 aromatic heterocycles. The highest BCUT2D eigenvalue weighted by Gasteiger charge is 2.02. The second-order valence-electron chi connectivity index (χ2n) is 2.92. The fourth-order valence-corrected chi connectivity index (χ4v) is 1.27. The van der Waals surface area contributed by atoms with Gasteiger partial charge in [-0.05, 0) is 19.1 Å². The van der Waals surface area contributed by atoms with Crippen LogP contribution >= 0.6 is 0 Å². The average Bonchev–Trinajstić information content (AvgIpc) is 2.49. The number of nitrogen functional groups attached to an aromatic ring is 1. The second-order valence-corrected chi connectivity index (χ2v) is 2.92. The van der Waals surface area contributed by atoms with Crippen LogP contribution in [0.5, 0.6) is 0 Å². The molecule has 0 saturated heterocycles. The zero-order valence-electron chi connectivity index (χ0n) is 7.44. The molecule has 0 spiro atoms. The first kappa shape index (κ1) is 7.86. The maximum absolute atomic E-state index is 5.65. The van der Waals surface area contributed by atoms with Crippen molar-refractivity contribution >= 4 is 5.82 Å². The molecule has 0 fully saturated rings. The highest BCUT2D eigenvalue weighted by molar-refractivity contribution is 5.42. The van der Waals surface area contributed by atoms with Gasteiger partial charge < -0.3 is 10.3 Å². The summed E-state index contributed by atoms with van der Waals surface area (Å²) in [4.78, 5) is 4.03. The molecular weight excluding hydrogens is 162 g/mol. The molecule has 13 heavy (non-hydrogen) atoms. The summed E-state index contributed by atoms with van der Waals surface area (Å²) in [5, 5.41) is 0. The Morgan fingerprint density at radius 2 is 1.92 bits per heavy atom. The largest absolute Gasteiger partial charge is 0.382 e. The Labute approximate surface area is 76.8 Å². The first-order chi connectivity index (χ1) is 6.29. The monoisotopic (exact) mass is 173 g/mol. The molecule has 0 saturated carbocycles. The lowest BCUT2D eigenvalue weighted by atomic mass is 10.3. The van der Waals surface area contributed by atoms with Crippen LogP contribution < -0.4 is 5.73 Å². The number of imidazole rings is 1. The molecule has 2 N–H and O–H groups in total. The predicted octanol–water partition coefficient (Wildman–Crippen LogP) is 1.76. The first-order valence-corrected chi connectivity index (χ1v) is 4.14. The van der Waals surface area contributed by atoms with Crippen LogP contribution in [0.25, 0.3) is 5.69 Å². The molecule has 3 heteroatoms. The van der Waals surface area contributed by atoms with Crippen molar-refractivity contribution in [2.24, 2.45) is 0 Å². The van der Waals surface area contributed by atoms with Gasteiger partial charge >= 0.3 is 0 Å². The number of benzene rings is 1. The molecule has 2 aromatic rings. The van der Waals surface area contributed by atoms with Crippen LogP contribution in [-0.4, -0.2) is 9.55 Å². The second kappa shape index (κ2) is 2.94. The summed E-state index contributed by atoms with van der Waals surface area (Å²) in [6, 6.07) is 10.0. The minimum atomic E-state index is 0.587. The van der Waals surface area contributed by atoms with Crippen LogP contribution in [-0.2, 0) is 0 Å². The van der Waals surface area contributed by atoms with Gasteiger partial charge in [-0.15, -0.1) is 0 Å². The molecular formula is C10H11N3. The molecule has 0 radical (unpaired) electrons. The van der Waals surface area contributed by atoms with Gasteiger partial charge in [0.25, 0.3) is 0 Å². The minimum absolute atomic E-state index is 0.587. The van der Waals surface area contributed by atoms with E-state index in [1.165, 1.54) is 0 Å². The molecule has 0 unspecified atom stereocenters. The Bertz CT molecular complexity index is 403. The maximum Gasteiger partial charge on any atom is 0.144 e. The van der Waals surface area contributed by atoms with Crippen LogP contribution in [0.4, 0.5) is 5.82 Å². The van der Waals surface area contributed by atoms with Crippen molar-refractivity contribution in [2.45, 2.75) is 6.92 Å². The zero-order valence-corrected chi connectivity index (χ0v) is 7.44. The average molecular weight is 173 g/mol. The van der Waals surface area contributed by atoms with Crippen molar-refractivity contribution in [2.75, 3.05) is 5.73 Å². The lowest BCUT2D eigenvalue weighted by molar-refractivity contribution is 1.01. The third-order valence-electron chi connectivity index (χ3n) is 2.08. The van der Waals surface area contributed by atoms with Crippen LogP contribution in [0.2, 0.25) is 0 Å². The van der Waals surface area contributed by atoms with Gasteiger partial charge in [-0.1, -0.05) is 18.2 Å². The number of nitrogens with two attached hydrogens (primary N) is 1. The summed E-state index contributed by atoms with van der Waals surface area (Å²) in [5.41, 5.74) is 7.71. The fraction of sp³-hybridized carbons (Fsp3) is 0.100. The van der Waals surface area contributed by atoms with Crippen LogP contribution in [0.1, 0.15) is 5.69 Å². The lowest BCUT2D eigenvalue weighted by Gasteiger charge is -2.03. The number of anilines is 1. The quantitative estimate of drug-likeness (QED) is 0.714. The number of nitrogens with zero attached hydrogens (tertiary/aromatic N) is 2. The van der Waals surface area contributed by atoms with Gasteiger partial charge in [-0.2, -0.15) is 0 Å². The van der Waals surface area contributed by atoms with Gasteiger partial charge in [-0.25, -0.2) is 4.98 Å². The highest BCUT2D eigenvalue weighted by Crippen LogP contribution is 2.14. The normalized spacial score (nSPS) is 10.2. The summed E-state index contributed by atoms with van der Waals surface area (Å²) < 4.78 is 1.97. The Morgan fingerprint density at radius 1 is 1.23 bits per heavy atom. The number of hydrogen-bond acceptors (Lipinski definition) is 2. The van der Waals surface area contributed by atoms with E-state index in [9.17, 15) is 0 Å². The molecule has 0 aliphatic rings. The standard InChI is InChI=1S/C10H11N3/c1-8-10(11)12-7-13(8)9-5-3-2-4-6-9/h2-7H,11H2,1H3. The number of rotatable bonds is 1. The molecule has 1 heterocycles. The molecule has 0 aliphatic carbocycles. The number of aromatic nitrogens is 2. The van der Waals surface area contributed by atoms with Crippen molar-refractivity contribution in [3.8, 4) is 5.69 Å². The fourth-order valence-electron chi connectivity index (χ4n) is 1.27. The highest BCUT2D eigenvalue weighted by atomic mass is 15.1. The Kier molecular flexibility index (Phi) is 1.77. The van der Waals surface area contributed by atoms with E-state index in [1.54, 1.807) is 6.33 Å². The van der Waals surface area contributed by atoms with E-state index in [1.807, 2.05) is 41.8 Å². The van der Waals surface area contributed by atoms with E-state index in [0.717, 1.165) is 11.4 Å². The number of para-hydroxylation sites is 1. The van der Waals surface area contributed by atoms with Crippen molar-refractivity contribution in [1.82, 2.24) is 9.55 Å². The Morgan fingerprint density at radius 3 is 2.46 bits per heavy atom. The Hall–Kier alpha value is -1.77. The Balaban J connectivity index is 2.53. The van der Waals surface area contributed by atoms with Gasteiger partial charge in [0.1, 0.15) is 12.1 Å². The first-order valence-electron chi connectivity index (χ1n) is 4.14. The molecule has 1 aromatic carbocycles. The predicted molar refractivity (Wildman–Crippen MR) is 52.7 cm³/mol. The third kappa shape index (κ3) is 1.28. The lowest BCUT2D eigenvalue weighted by Crippen LogP contribution is -1.95. The van der Waals surface area contributed by atoms with E-state index >= 15 is 0 Å². The molecule has 0 atom stereocenters. The smallest absolute Gasteiger partial charge is 0.144 e. The van der Waals surface area contributed by atoms with E-state index in [2.05, 4.69) is 4.98 Å². The molecule has 0 amide bonds. The third-order valence-corrected chi connectivity index (χ3v) is 2.08. The maximum atomic E-state index is 5.65. The molecule has 0 bridgehead atoms. The summed E-state index contributed by atoms with van der Waals surface area (Å²) in [6.07, 6.45) is 1.74. The summed E-state index contributed by atoms with van der Waals surface area (Å²) in [6.45, 7) is 1.95. The van der Waals surface area contributed by atoms with E-state index in [4.69, 9.17) is 5.73 Å². The van der Waals surface area contributed by atoms with Crippen molar-refractivity contribution in [3.05, 3.63) is 42.4 Å². The molecule has 3 nitrogen and oxygen atoms in total. The van der Waals surface area contributed by atoms with Gasteiger partial charge in [-0.3, -0.25) is 0 Å². The zero-order chi connectivity index (χ0) is 9.26. The van der Waals surface area contributed by atoms with Crippen molar-refractivity contribution in [3.63, 3.8) is 0 Å². The van der Waals surface area contributed by atoms with E-state index in [0.29, 0.717) is 5.82 Å². The van der Waals surface area contributed by atoms with Gasteiger partial charge in [0.2, 0.25) is 0 Å². The van der Waals surface area contributed by atoms with Crippen molar-refractivity contribution < 1.29 is 0 Å². The van der Waals surface area contributed by atoms with Crippen LogP contribution in [0, 0.1) is 6.92 Å². The van der Waals surface area contributed by atoms with Crippen LogP contribution in [0.3, 0.4) is 0 Å². The summed E-state index contributed by atoms with van der Waals surface area (Å²) in [5.74, 6) is 0.587. The summed E-state index contributed by atoms with van der Waals surface area (Å²) in [7, 11) is 0. The van der Waals surface area contributed by atoms with Gasteiger partial charge in [0.05, 0.1) is 5.69 Å². The van der Waals surface area contributed by atoms with Crippen molar-refractivity contribution in [1.29, 1.82) is 0 Å². The van der Waals surface area contributed by atoms with E-state index in [-0.39, 0.29) is 0 Å².